The molecule has 1 saturated heterocycles. The van der Waals surface area contributed by atoms with Gasteiger partial charge in [-0.3, -0.25) is 9.67 Å². The Morgan fingerprint density at radius 2 is 1.70 bits per heavy atom. The number of nitrogens with zero attached hydrogens (tertiary/aromatic N) is 8. The molecule has 0 amide bonds. The second-order valence-corrected chi connectivity index (χ2v) is 7.19. The summed E-state index contributed by atoms with van der Waals surface area (Å²) in [6, 6.07) is 2.02. The fourth-order valence-electron chi connectivity index (χ4n) is 3.44. The zero-order chi connectivity index (χ0) is 18.2. The van der Waals surface area contributed by atoms with Crippen molar-refractivity contribution >= 4 is 11.6 Å². The van der Waals surface area contributed by atoms with Gasteiger partial charge in [0.05, 0.1) is 24.3 Å². The van der Waals surface area contributed by atoms with Gasteiger partial charge in [-0.05, 0) is 18.9 Å². The third kappa shape index (κ3) is 3.34. The van der Waals surface area contributed by atoms with E-state index >= 15 is 0 Å². The summed E-state index contributed by atoms with van der Waals surface area (Å²) in [6.45, 7) is 3.63. The minimum absolute atomic E-state index is 0.580. The third-order valence-electron chi connectivity index (χ3n) is 5.15. The second-order valence-electron chi connectivity index (χ2n) is 7.19. The Bertz CT molecular complexity index is 940. The van der Waals surface area contributed by atoms with Crippen molar-refractivity contribution in [3.8, 4) is 11.3 Å². The molecular formula is C19H22N8. The van der Waals surface area contributed by atoms with E-state index in [0.29, 0.717) is 5.92 Å². The molecule has 1 saturated carbocycles. The smallest absolute Gasteiger partial charge is 0.147 e. The molecule has 0 N–H and O–H groups in total. The van der Waals surface area contributed by atoms with Crippen molar-refractivity contribution in [2.45, 2.75) is 18.8 Å². The van der Waals surface area contributed by atoms with Crippen LogP contribution >= 0.6 is 0 Å². The Balaban J connectivity index is 1.28. The Labute approximate surface area is 157 Å². The average Bonchev–Trinajstić information content (AvgIpc) is 3.49. The number of hydrogen-bond acceptors (Lipinski definition) is 7. The Morgan fingerprint density at radius 1 is 0.926 bits per heavy atom. The van der Waals surface area contributed by atoms with Crippen LogP contribution in [0.3, 0.4) is 0 Å². The van der Waals surface area contributed by atoms with Crippen LogP contribution in [0.5, 0.6) is 0 Å². The molecule has 0 aromatic carbocycles. The molecule has 27 heavy (non-hydrogen) atoms. The van der Waals surface area contributed by atoms with Crippen LogP contribution in [0.1, 0.15) is 24.6 Å². The van der Waals surface area contributed by atoms with Crippen molar-refractivity contribution in [1.82, 2.24) is 29.7 Å². The van der Waals surface area contributed by atoms with E-state index in [-0.39, 0.29) is 0 Å². The van der Waals surface area contributed by atoms with E-state index in [1.165, 1.54) is 12.8 Å². The molecule has 2 aliphatic rings. The largest absolute Gasteiger partial charge is 0.353 e. The summed E-state index contributed by atoms with van der Waals surface area (Å²) in [5, 5.41) is 4.22. The molecule has 0 bridgehead atoms. The van der Waals surface area contributed by atoms with Crippen molar-refractivity contribution < 1.29 is 0 Å². The molecule has 3 aromatic heterocycles. The van der Waals surface area contributed by atoms with Crippen molar-refractivity contribution in [3.05, 3.63) is 42.9 Å². The molecular weight excluding hydrogens is 340 g/mol. The number of aromatic nitrogens is 6. The summed E-state index contributed by atoms with van der Waals surface area (Å²) in [5.74, 6) is 3.54. The van der Waals surface area contributed by atoms with Gasteiger partial charge in [-0.25, -0.2) is 15.0 Å². The molecule has 8 heteroatoms. The van der Waals surface area contributed by atoms with Gasteiger partial charge in [-0.15, -0.1) is 0 Å². The van der Waals surface area contributed by atoms with Crippen LogP contribution < -0.4 is 9.80 Å². The summed E-state index contributed by atoms with van der Waals surface area (Å²) in [5.41, 5.74) is 1.84. The van der Waals surface area contributed by atoms with Gasteiger partial charge in [0.2, 0.25) is 0 Å². The molecule has 0 radical (unpaired) electrons. The number of piperazine rings is 1. The second kappa shape index (κ2) is 6.61. The Morgan fingerprint density at radius 3 is 2.41 bits per heavy atom. The first-order valence-corrected chi connectivity index (χ1v) is 9.40. The van der Waals surface area contributed by atoms with Gasteiger partial charge in [-0.1, -0.05) is 0 Å². The Hall–Kier alpha value is -3.03. The summed E-state index contributed by atoms with van der Waals surface area (Å²) >= 11 is 0. The van der Waals surface area contributed by atoms with E-state index in [4.69, 9.17) is 9.97 Å². The van der Waals surface area contributed by atoms with Gasteiger partial charge in [0.1, 0.15) is 17.5 Å². The highest BCUT2D eigenvalue weighted by atomic mass is 15.3. The predicted octanol–water partition coefficient (Wildman–Crippen LogP) is 1.87. The van der Waals surface area contributed by atoms with Crippen molar-refractivity contribution in [2.75, 3.05) is 36.0 Å². The molecule has 5 rings (SSSR count). The molecule has 8 nitrogen and oxygen atoms in total. The number of hydrogen-bond donors (Lipinski definition) is 0. The maximum Gasteiger partial charge on any atom is 0.147 e. The lowest BCUT2D eigenvalue weighted by Crippen LogP contribution is -2.47. The molecule has 2 fully saturated rings. The maximum absolute atomic E-state index is 4.79. The van der Waals surface area contributed by atoms with Crippen LogP contribution in [0.2, 0.25) is 0 Å². The van der Waals surface area contributed by atoms with E-state index in [1.807, 2.05) is 37.9 Å². The number of aryl methyl sites for hydroxylation is 1. The lowest BCUT2D eigenvalue weighted by atomic mass is 10.2. The van der Waals surface area contributed by atoms with Gasteiger partial charge >= 0.3 is 0 Å². The minimum atomic E-state index is 0.580. The van der Waals surface area contributed by atoms with Crippen LogP contribution in [0.15, 0.2) is 37.1 Å². The van der Waals surface area contributed by atoms with Crippen LogP contribution in [-0.2, 0) is 7.05 Å². The van der Waals surface area contributed by atoms with E-state index in [9.17, 15) is 0 Å². The highest BCUT2D eigenvalue weighted by molar-refractivity contribution is 5.58. The summed E-state index contributed by atoms with van der Waals surface area (Å²) in [7, 11) is 1.90. The Kier molecular flexibility index (Phi) is 3.95. The first-order chi connectivity index (χ1) is 13.3. The van der Waals surface area contributed by atoms with Crippen molar-refractivity contribution in [2.24, 2.45) is 7.05 Å². The fourth-order valence-corrected chi connectivity index (χ4v) is 3.44. The fraction of sp³-hybridized carbons (Fsp3) is 0.421. The van der Waals surface area contributed by atoms with E-state index in [1.54, 1.807) is 10.9 Å². The normalized spacial score (nSPS) is 17.4. The van der Waals surface area contributed by atoms with Gasteiger partial charge in [0, 0.05) is 57.1 Å². The van der Waals surface area contributed by atoms with Crippen LogP contribution in [0.4, 0.5) is 11.6 Å². The average molecular weight is 362 g/mol. The topological polar surface area (TPSA) is 75.9 Å². The number of anilines is 2. The lowest BCUT2D eigenvalue weighted by Gasteiger charge is -2.36. The quantitative estimate of drug-likeness (QED) is 0.701. The molecule has 4 heterocycles. The monoisotopic (exact) mass is 362 g/mol. The first kappa shape index (κ1) is 16.2. The van der Waals surface area contributed by atoms with Gasteiger partial charge in [-0.2, -0.15) is 5.10 Å². The van der Waals surface area contributed by atoms with Crippen LogP contribution in [-0.4, -0.2) is 55.9 Å². The molecule has 1 aliphatic carbocycles. The van der Waals surface area contributed by atoms with Gasteiger partial charge in [0.15, 0.2) is 0 Å². The summed E-state index contributed by atoms with van der Waals surface area (Å²) in [4.78, 5) is 23.0. The molecule has 0 unspecified atom stereocenters. The SMILES string of the molecule is Cn1cc(-c2cncc(N3CCN(c4ccnc(C5CC5)n4)CC3)n2)cn1. The molecule has 0 spiro atoms. The highest BCUT2D eigenvalue weighted by Crippen LogP contribution is 2.38. The van der Waals surface area contributed by atoms with Gasteiger partial charge in [0.25, 0.3) is 0 Å². The first-order valence-electron chi connectivity index (χ1n) is 9.40. The van der Waals surface area contributed by atoms with E-state index in [0.717, 1.165) is 54.9 Å². The summed E-state index contributed by atoms with van der Waals surface area (Å²) < 4.78 is 1.78. The van der Waals surface area contributed by atoms with Crippen LogP contribution in [0.25, 0.3) is 11.3 Å². The standard InChI is InChI=1S/C19H22N8/c1-25-13-15(10-22-25)16-11-20-12-18(23-16)27-8-6-26(7-9-27)17-4-5-21-19(24-17)14-2-3-14/h4-5,10-14H,2-3,6-9H2,1H3. The molecule has 0 atom stereocenters. The molecule has 1 aliphatic heterocycles. The van der Waals surface area contributed by atoms with E-state index < -0.39 is 0 Å². The van der Waals surface area contributed by atoms with Crippen molar-refractivity contribution in [1.29, 1.82) is 0 Å². The summed E-state index contributed by atoms with van der Waals surface area (Å²) in [6.07, 6.45) is 11.7. The third-order valence-corrected chi connectivity index (χ3v) is 5.15. The minimum Gasteiger partial charge on any atom is -0.353 e. The van der Waals surface area contributed by atoms with E-state index in [2.05, 4.69) is 24.9 Å². The lowest BCUT2D eigenvalue weighted by molar-refractivity contribution is 0.638. The van der Waals surface area contributed by atoms with Crippen molar-refractivity contribution in [3.63, 3.8) is 0 Å². The zero-order valence-corrected chi connectivity index (χ0v) is 15.4. The number of rotatable bonds is 4. The molecule has 3 aromatic rings. The maximum atomic E-state index is 4.79. The highest BCUT2D eigenvalue weighted by Gasteiger charge is 2.27. The van der Waals surface area contributed by atoms with Crippen LogP contribution in [0, 0.1) is 0 Å². The van der Waals surface area contributed by atoms with Gasteiger partial charge < -0.3 is 9.80 Å². The predicted molar refractivity (Wildman–Crippen MR) is 103 cm³/mol. The zero-order valence-electron chi connectivity index (χ0n) is 15.4. The molecule has 138 valence electrons.